The van der Waals surface area contributed by atoms with E-state index in [4.69, 9.17) is 44.3 Å². The maximum Gasteiger partial charge on any atom is 0.323 e. The molecule has 7 heterocycles. The number of unbranched alkanes of at least 4 members (excludes halogenated alkanes) is 7. The number of ether oxygens (including phenoxy) is 1. The zero-order valence-corrected chi connectivity index (χ0v) is 73.4. The Hall–Kier alpha value is -4.50. The largest absolute Gasteiger partial charge is 0.460 e. The van der Waals surface area contributed by atoms with Gasteiger partial charge < -0.3 is 29.2 Å². The molecule has 19 heteroatoms. The molecule has 610 valence electrons. The van der Waals surface area contributed by atoms with Crippen molar-refractivity contribution in [2.75, 3.05) is 97.1 Å². The minimum absolute atomic E-state index is 0.0606. The number of hydrogen-bond acceptors (Lipinski definition) is 19. The van der Waals surface area contributed by atoms with Crippen molar-refractivity contribution in [3.63, 3.8) is 0 Å². The van der Waals surface area contributed by atoms with Crippen LogP contribution in [0.15, 0.2) is 50.6 Å². The zero-order chi connectivity index (χ0) is 79.4. The van der Waals surface area contributed by atoms with E-state index in [-0.39, 0.29) is 85.7 Å². The van der Waals surface area contributed by atoms with E-state index in [1.54, 1.807) is 0 Å². The average Bonchev–Trinajstić information content (AvgIpc) is 0.776. The van der Waals surface area contributed by atoms with Crippen molar-refractivity contribution in [1.82, 2.24) is 54.7 Å². The van der Waals surface area contributed by atoms with Gasteiger partial charge in [-0.25, -0.2) is 0 Å². The predicted molar refractivity (Wildman–Crippen MR) is 453 cm³/mol. The predicted octanol–water partition coefficient (Wildman–Crippen LogP) is 19.1. The second-order valence-corrected chi connectivity index (χ2v) is 39.1. The van der Waals surface area contributed by atoms with Crippen molar-refractivity contribution in [2.24, 2.45) is 0 Å². The number of piperidine rings is 5. The summed E-state index contributed by atoms with van der Waals surface area (Å²) in [4.78, 5) is 68.1. The summed E-state index contributed by atoms with van der Waals surface area (Å²) in [7, 11) is 2.36. The van der Waals surface area contributed by atoms with Gasteiger partial charge in [-0.3, -0.25) is 24.4 Å². The highest BCUT2D eigenvalue weighted by Gasteiger charge is 2.54. The SMILES string of the molecule is C=CCON1C(C)(C)CC(N(CCCC)c2nc(OC3CC(C)(C)N(C)C(C)(CCCCCN(c4nc(N(CCCC)CCCC)nc(N(CCCC)C5CC(C)(C)N(CC=C)C(C)(C)C5)n4)C4CC(C)(C)N(CC=C)C(C)(C)C4)C3)nc(N(CCCC)C3CC(C)(C)N(OCC=C)C(C)(C)C3)n2)CC1(C)C. The van der Waals surface area contributed by atoms with Gasteiger partial charge in [0.05, 0.1) is 13.2 Å². The van der Waals surface area contributed by atoms with Gasteiger partial charge in [-0.05, 0) is 235 Å². The van der Waals surface area contributed by atoms with Crippen LogP contribution < -0.4 is 29.2 Å². The van der Waals surface area contributed by atoms with Gasteiger partial charge in [0.2, 0.25) is 29.7 Å². The Bertz CT molecular complexity index is 2960. The first-order valence-corrected chi connectivity index (χ1v) is 42.7. The summed E-state index contributed by atoms with van der Waals surface area (Å²) in [5.41, 5.74) is -1.84. The van der Waals surface area contributed by atoms with Crippen molar-refractivity contribution in [3.8, 4) is 6.01 Å². The molecule has 0 bridgehead atoms. The van der Waals surface area contributed by atoms with Crippen LogP contribution in [-0.2, 0) is 9.68 Å². The molecular weight excluding hydrogens is 1330 g/mol. The molecule has 5 saturated heterocycles. The number of rotatable bonds is 42. The minimum Gasteiger partial charge on any atom is -0.460 e. The maximum absolute atomic E-state index is 7.54. The smallest absolute Gasteiger partial charge is 0.323 e. The normalized spacial score (nSPS) is 24.0. The summed E-state index contributed by atoms with van der Waals surface area (Å²) in [5, 5.41) is 4.46. The van der Waals surface area contributed by atoms with Gasteiger partial charge in [-0.2, -0.15) is 40.0 Å². The number of hydroxylamine groups is 4. The third kappa shape index (κ3) is 22.3. The molecule has 0 N–H and O–H groups in total. The summed E-state index contributed by atoms with van der Waals surface area (Å²) in [6.45, 7) is 81.3. The van der Waals surface area contributed by atoms with Crippen LogP contribution in [0, 0.1) is 0 Å². The molecule has 5 aliphatic heterocycles. The van der Waals surface area contributed by atoms with Gasteiger partial charge in [0.25, 0.3) is 0 Å². The highest BCUT2D eigenvalue weighted by atomic mass is 16.7. The first kappa shape index (κ1) is 89.7. The Kier molecular flexibility index (Phi) is 31.4. The maximum atomic E-state index is 7.54. The zero-order valence-electron chi connectivity index (χ0n) is 73.4. The van der Waals surface area contributed by atoms with Gasteiger partial charge >= 0.3 is 6.01 Å². The summed E-state index contributed by atoms with van der Waals surface area (Å²) < 4.78 is 7.54. The van der Waals surface area contributed by atoms with Gasteiger partial charge in [-0.1, -0.05) is 104 Å². The highest BCUT2D eigenvalue weighted by molar-refractivity contribution is 5.49. The first-order valence-electron chi connectivity index (χ1n) is 42.7. The molecule has 5 aliphatic rings. The van der Waals surface area contributed by atoms with Crippen LogP contribution in [0.4, 0.5) is 29.7 Å². The Morgan fingerprint density at radius 3 is 0.991 bits per heavy atom. The number of anilines is 5. The average molecular weight is 1490 g/mol. The molecule has 2 aromatic heterocycles. The Morgan fingerprint density at radius 2 is 0.664 bits per heavy atom. The Morgan fingerprint density at radius 1 is 0.355 bits per heavy atom. The Balaban J connectivity index is 1.27. The number of aromatic nitrogens is 6. The molecule has 0 aromatic carbocycles. The topological polar surface area (TPSA) is 137 Å². The van der Waals surface area contributed by atoms with Crippen LogP contribution in [0.2, 0.25) is 0 Å². The number of likely N-dealkylation sites (tertiary alicyclic amines) is 3. The fourth-order valence-corrected chi connectivity index (χ4v) is 20.8. The lowest BCUT2D eigenvalue weighted by atomic mass is 9.75. The fraction of sp³-hybridized carbons (Fsp3) is 0.841. The second kappa shape index (κ2) is 37.4. The molecule has 5 fully saturated rings. The van der Waals surface area contributed by atoms with Crippen LogP contribution in [0.25, 0.3) is 0 Å². The summed E-state index contributed by atoms with van der Waals surface area (Å²) >= 11 is 0. The molecule has 19 nitrogen and oxygen atoms in total. The number of hydrogen-bond donors (Lipinski definition) is 0. The molecule has 7 rings (SSSR count). The van der Waals surface area contributed by atoms with Crippen LogP contribution in [0.5, 0.6) is 6.01 Å². The first-order chi connectivity index (χ1) is 50.1. The number of nitrogens with zero attached hydrogens (tertiary/aromatic N) is 16. The van der Waals surface area contributed by atoms with E-state index >= 15 is 0 Å². The monoisotopic (exact) mass is 1490 g/mol. The van der Waals surface area contributed by atoms with Crippen molar-refractivity contribution >= 4 is 29.7 Å². The third-order valence-corrected chi connectivity index (χ3v) is 25.4. The summed E-state index contributed by atoms with van der Waals surface area (Å²) in [5.74, 6) is 3.93. The Labute approximate surface area is 655 Å². The van der Waals surface area contributed by atoms with Crippen molar-refractivity contribution in [3.05, 3.63) is 50.6 Å². The lowest BCUT2D eigenvalue weighted by molar-refractivity contribution is -0.276. The van der Waals surface area contributed by atoms with Gasteiger partial charge in [0.1, 0.15) is 6.10 Å². The van der Waals surface area contributed by atoms with E-state index < -0.39 is 0 Å². The molecule has 2 unspecified atom stereocenters. The molecule has 0 radical (unpaired) electrons. The van der Waals surface area contributed by atoms with Gasteiger partial charge in [0.15, 0.2) is 0 Å². The van der Waals surface area contributed by atoms with Crippen LogP contribution in [0.3, 0.4) is 0 Å². The third-order valence-electron chi connectivity index (χ3n) is 25.4. The molecule has 107 heavy (non-hydrogen) atoms. The van der Waals surface area contributed by atoms with Crippen molar-refractivity contribution in [1.29, 1.82) is 0 Å². The van der Waals surface area contributed by atoms with E-state index in [2.05, 4.69) is 261 Å². The van der Waals surface area contributed by atoms with E-state index in [1.807, 2.05) is 12.2 Å². The lowest BCUT2D eigenvalue weighted by Gasteiger charge is -2.57. The molecule has 0 spiro atoms. The van der Waals surface area contributed by atoms with Crippen LogP contribution in [-0.4, -0.2) is 213 Å². The van der Waals surface area contributed by atoms with Gasteiger partial charge in [-0.15, -0.1) is 26.3 Å². The lowest BCUT2D eigenvalue weighted by Crippen LogP contribution is -2.64. The van der Waals surface area contributed by atoms with E-state index in [1.165, 1.54) is 0 Å². The van der Waals surface area contributed by atoms with E-state index in [0.717, 1.165) is 224 Å². The molecule has 0 amide bonds. The van der Waals surface area contributed by atoms with E-state index in [9.17, 15) is 0 Å². The second-order valence-electron chi connectivity index (χ2n) is 39.1. The van der Waals surface area contributed by atoms with Crippen molar-refractivity contribution in [2.45, 2.75) is 406 Å². The molecule has 0 saturated carbocycles. The molecule has 2 atom stereocenters. The van der Waals surface area contributed by atoms with Gasteiger partial charge in [0, 0.05) is 145 Å². The highest BCUT2D eigenvalue weighted by Crippen LogP contribution is 2.48. The molecular formula is C88H160N16O3. The standard InChI is InChI=1S/C88H160N16O3/c1-30-39-50-96(51-40-31-2)73-89-74(97(52-41-32-3)68-58-80(12,13)101(48-35-6)81(14,15)59-68)91-75(90-73)100(69-60-82(16,17)102(49-36-7)83(18,19)61-69)55-46-44-45-47-88(28)67-72(66-79(10,11)95(88)29)107-78-93-76(98(53-42-33-4)70-62-84(20,21)103(105-56-37-8)85(22,23)63-70)92-77(94-78)99(54-43-34-5)71-64-86(24,25)104(106-57-38-9)87(26,27)65-71/h35-38,68-72H,6-9,30-34,39-67H2,1-5,10-29H3. The quantitative estimate of drug-likeness (QED) is 0.0460. The fourth-order valence-electron chi connectivity index (χ4n) is 20.8. The van der Waals surface area contributed by atoms with Crippen molar-refractivity contribution < 1.29 is 14.4 Å². The molecule has 2 aromatic rings. The van der Waals surface area contributed by atoms with Crippen LogP contribution in [0.1, 0.15) is 320 Å². The minimum atomic E-state index is -0.288. The van der Waals surface area contributed by atoms with Crippen LogP contribution >= 0.6 is 0 Å². The summed E-state index contributed by atoms with van der Waals surface area (Å²) in [6, 6.07) is 1.13. The van der Waals surface area contributed by atoms with E-state index in [0.29, 0.717) is 31.1 Å². The molecule has 0 aliphatic carbocycles. The summed E-state index contributed by atoms with van der Waals surface area (Å²) in [6.07, 6.45) is 31.7.